The molecule has 2 aromatic carbocycles. The minimum atomic E-state index is -0.148. The zero-order valence-corrected chi connectivity index (χ0v) is 13.2. The molecule has 0 amide bonds. The number of halogens is 2. The average molecular weight is 336 g/mol. The monoisotopic (exact) mass is 335 g/mol. The Morgan fingerprint density at radius 2 is 1.85 bits per heavy atom. The van der Waals surface area contributed by atoms with Crippen LogP contribution >= 0.6 is 15.9 Å². The number of nitrogens with one attached hydrogen (secondary N) is 1. The first-order chi connectivity index (χ1) is 9.72. The van der Waals surface area contributed by atoms with Gasteiger partial charge in [0, 0.05) is 12.5 Å². The quantitative estimate of drug-likeness (QED) is 0.818. The van der Waals surface area contributed by atoms with Crippen molar-refractivity contribution in [1.29, 1.82) is 0 Å². The molecule has 2 rings (SSSR count). The van der Waals surface area contributed by atoms with Gasteiger partial charge in [-0.2, -0.15) is 0 Å². The van der Waals surface area contributed by atoms with Crippen molar-refractivity contribution in [2.24, 2.45) is 0 Å². The van der Waals surface area contributed by atoms with E-state index in [0.717, 1.165) is 18.7 Å². The predicted molar refractivity (Wildman–Crippen MR) is 85.5 cm³/mol. The standard InChI is InChI=1S/C17H19BrFN/c1-2-20-12-15(13-7-4-3-5-8-13)11-14-9-6-10-16(18)17(14)19/h3-10,15,20H,2,11-12H2,1H3. The van der Waals surface area contributed by atoms with Crippen LogP contribution in [0, 0.1) is 5.82 Å². The summed E-state index contributed by atoms with van der Waals surface area (Å²) in [6, 6.07) is 15.8. The molecule has 0 saturated heterocycles. The Hall–Kier alpha value is -1.19. The Kier molecular flexibility index (Phi) is 5.74. The lowest BCUT2D eigenvalue weighted by Gasteiger charge is -2.18. The van der Waals surface area contributed by atoms with E-state index in [2.05, 4.69) is 40.3 Å². The van der Waals surface area contributed by atoms with E-state index in [9.17, 15) is 4.39 Å². The zero-order valence-electron chi connectivity index (χ0n) is 11.6. The Bertz CT molecular complexity index is 542. The largest absolute Gasteiger partial charge is 0.316 e. The van der Waals surface area contributed by atoms with Gasteiger partial charge >= 0.3 is 0 Å². The first-order valence-electron chi connectivity index (χ1n) is 6.91. The maximum atomic E-state index is 14.1. The molecule has 20 heavy (non-hydrogen) atoms. The number of likely N-dealkylation sites (N-methyl/N-ethyl adjacent to an activating group) is 1. The summed E-state index contributed by atoms with van der Waals surface area (Å²) < 4.78 is 14.7. The SMILES string of the molecule is CCNCC(Cc1cccc(Br)c1F)c1ccccc1. The fourth-order valence-electron chi connectivity index (χ4n) is 2.32. The molecule has 0 saturated carbocycles. The summed E-state index contributed by atoms with van der Waals surface area (Å²) in [6.45, 7) is 3.86. The van der Waals surface area contributed by atoms with Gasteiger partial charge < -0.3 is 5.32 Å². The molecule has 0 bridgehead atoms. The van der Waals surface area contributed by atoms with E-state index in [-0.39, 0.29) is 11.7 Å². The highest BCUT2D eigenvalue weighted by molar-refractivity contribution is 9.10. The van der Waals surface area contributed by atoms with Crippen molar-refractivity contribution in [3.8, 4) is 0 Å². The van der Waals surface area contributed by atoms with Crippen LogP contribution in [-0.2, 0) is 6.42 Å². The molecular formula is C17H19BrFN. The van der Waals surface area contributed by atoms with Crippen molar-refractivity contribution in [2.45, 2.75) is 19.3 Å². The average Bonchev–Trinajstić information content (AvgIpc) is 2.48. The van der Waals surface area contributed by atoms with Crippen LogP contribution in [0.15, 0.2) is 53.0 Å². The van der Waals surface area contributed by atoms with Crippen LogP contribution in [0.4, 0.5) is 4.39 Å². The summed E-state index contributed by atoms with van der Waals surface area (Å²) >= 11 is 3.25. The molecule has 1 N–H and O–H groups in total. The maximum absolute atomic E-state index is 14.1. The van der Waals surface area contributed by atoms with Crippen LogP contribution in [0.3, 0.4) is 0 Å². The molecular weight excluding hydrogens is 317 g/mol. The van der Waals surface area contributed by atoms with Crippen LogP contribution < -0.4 is 5.32 Å². The molecule has 0 radical (unpaired) electrons. The van der Waals surface area contributed by atoms with Crippen molar-refractivity contribution < 1.29 is 4.39 Å². The summed E-state index contributed by atoms with van der Waals surface area (Å²) in [5, 5.41) is 3.37. The van der Waals surface area contributed by atoms with Gasteiger partial charge in [-0.3, -0.25) is 0 Å². The van der Waals surface area contributed by atoms with Gasteiger partial charge in [-0.1, -0.05) is 49.4 Å². The Morgan fingerprint density at radius 1 is 1.10 bits per heavy atom. The highest BCUT2D eigenvalue weighted by Gasteiger charge is 2.15. The Balaban J connectivity index is 2.21. The second-order valence-electron chi connectivity index (χ2n) is 4.83. The van der Waals surface area contributed by atoms with E-state index >= 15 is 0 Å². The van der Waals surface area contributed by atoms with Crippen LogP contribution in [0.1, 0.15) is 24.0 Å². The van der Waals surface area contributed by atoms with Crippen LogP contribution in [0.25, 0.3) is 0 Å². The van der Waals surface area contributed by atoms with Crippen molar-refractivity contribution in [2.75, 3.05) is 13.1 Å². The fourth-order valence-corrected chi connectivity index (χ4v) is 2.73. The summed E-state index contributed by atoms with van der Waals surface area (Å²) in [5.41, 5.74) is 2.00. The minimum absolute atomic E-state index is 0.148. The van der Waals surface area contributed by atoms with E-state index in [0.29, 0.717) is 10.9 Å². The normalized spacial score (nSPS) is 12.3. The summed E-state index contributed by atoms with van der Waals surface area (Å²) in [6.07, 6.45) is 0.697. The number of benzene rings is 2. The second-order valence-corrected chi connectivity index (χ2v) is 5.69. The van der Waals surface area contributed by atoms with E-state index < -0.39 is 0 Å². The Morgan fingerprint density at radius 3 is 2.55 bits per heavy atom. The lowest BCUT2D eigenvalue weighted by molar-refractivity contribution is 0.559. The van der Waals surface area contributed by atoms with Gasteiger partial charge in [0.25, 0.3) is 0 Å². The van der Waals surface area contributed by atoms with Gasteiger partial charge in [-0.25, -0.2) is 4.39 Å². The van der Waals surface area contributed by atoms with Gasteiger partial charge in [0.1, 0.15) is 5.82 Å². The van der Waals surface area contributed by atoms with Gasteiger partial charge in [0.2, 0.25) is 0 Å². The molecule has 0 fully saturated rings. The molecule has 0 aromatic heterocycles. The molecule has 1 atom stereocenters. The van der Waals surface area contributed by atoms with Crippen LogP contribution in [-0.4, -0.2) is 13.1 Å². The van der Waals surface area contributed by atoms with E-state index in [1.807, 2.05) is 30.3 Å². The molecule has 106 valence electrons. The van der Waals surface area contributed by atoms with E-state index in [1.165, 1.54) is 5.56 Å². The van der Waals surface area contributed by atoms with Gasteiger partial charge in [0.15, 0.2) is 0 Å². The number of hydrogen-bond donors (Lipinski definition) is 1. The third-order valence-corrected chi connectivity index (χ3v) is 4.02. The summed E-state index contributed by atoms with van der Waals surface area (Å²) in [5.74, 6) is 0.130. The van der Waals surface area contributed by atoms with E-state index in [4.69, 9.17) is 0 Å². The summed E-state index contributed by atoms with van der Waals surface area (Å²) in [4.78, 5) is 0. The summed E-state index contributed by atoms with van der Waals surface area (Å²) in [7, 11) is 0. The topological polar surface area (TPSA) is 12.0 Å². The highest BCUT2D eigenvalue weighted by atomic mass is 79.9. The third kappa shape index (κ3) is 3.90. The molecule has 3 heteroatoms. The van der Waals surface area contributed by atoms with Gasteiger partial charge in [0.05, 0.1) is 4.47 Å². The van der Waals surface area contributed by atoms with Crippen LogP contribution in [0.5, 0.6) is 0 Å². The molecule has 0 aliphatic heterocycles. The lowest BCUT2D eigenvalue weighted by atomic mass is 9.91. The molecule has 1 unspecified atom stereocenters. The Labute approximate surface area is 128 Å². The fraction of sp³-hybridized carbons (Fsp3) is 0.294. The number of hydrogen-bond acceptors (Lipinski definition) is 1. The molecule has 0 aliphatic carbocycles. The highest BCUT2D eigenvalue weighted by Crippen LogP contribution is 2.25. The molecule has 0 heterocycles. The predicted octanol–water partition coefficient (Wildman–Crippen LogP) is 4.52. The molecule has 0 aliphatic rings. The first kappa shape index (κ1) is 15.2. The molecule has 1 nitrogen and oxygen atoms in total. The molecule has 0 spiro atoms. The maximum Gasteiger partial charge on any atom is 0.140 e. The third-order valence-electron chi connectivity index (χ3n) is 3.41. The zero-order chi connectivity index (χ0) is 14.4. The number of rotatable bonds is 6. The van der Waals surface area contributed by atoms with Gasteiger partial charge in [-0.15, -0.1) is 0 Å². The smallest absolute Gasteiger partial charge is 0.140 e. The van der Waals surface area contributed by atoms with Crippen molar-refractivity contribution in [3.63, 3.8) is 0 Å². The lowest BCUT2D eigenvalue weighted by Crippen LogP contribution is -2.23. The molecule has 2 aromatic rings. The van der Waals surface area contributed by atoms with Gasteiger partial charge in [-0.05, 0) is 46.1 Å². The van der Waals surface area contributed by atoms with Crippen molar-refractivity contribution >= 4 is 15.9 Å². The van der Waals surface area contributed by atoms with Crippen molar-refractivity contribution in [1.82, 2.24) is 5.32 Å². The second kappa shape index (κ2) is 7.55. The van der Waals surface area contributed by atoms with E-state index in [1.54, 1.807) is 6.07 Å². The minimum Gasteiger partial charge on any atom is -0.316 e. The first-order valence-corrected chi connectivity index (χ1v) is 7.70. The van der Waals surface area contributed by atoms with Crippen molar-refractivity contribution in [3.05, 3.63) is 69.9 Å². The van der Waals surface area contributed by atoms with Crippen LogP contribution in [0.2, 0.25) is 0 Å².